The molecule has 1 amide bonds. The molecular weight excluding hydrogens is 337 g/mol. The zero-order valence-electron chi connectivity index (χ0n) is 12.0. The van der Waals surface area contributed by atoms with Crippen molar-refractivity contribution in [2.24, 2.45) is 0 Å². The summed E-state index contributed by atoms with van der Waals surface area (Å²) < 4.78 is 13.8. The summed E-state index contributed by atoms with van der Waals surface area (Å²) in [6.07, 6.45) is 1.49. The second-order valence-electron chi connectivity index (χ2n) is 4.79. The summed E-state index contributed by atoms with van der Waals surface area (Å²) in [5, 5.41) is 5.13. The number of thiazole rings is 1. The van der Waals surface area contributed by atoms with Crippen molar-refractivity contribution < 1.29 is 9.18 Å². The minimum Gasteiger partial charge on any atom is -0.319 e. The average molecular weight is 348 g/mol. The fraction of sp³-hybridized carbons (Fsp3) is 0.0625. The minimum atomic E-state index is -0.379. The number of aryl methyl sites for hydroxylation is 1. The number of hydrogen-bond donors (Lipinski definition) is 1. The quantitative estimate of drug-likeness (QED) is 0.707. The lowest BCUT2D eigenvalue weighted by molar-refractivity contribution is 0.102. The molecule has 1 aromatic carbocycles. The van der Waals surface area contributed by atoms with Crippen LogP contribution in [0.15, 0.2) is 41.9 Å². The molecule has 0 bridgehead atoms. The van der Waals surface area contributed by atoms with Crippen LogP contribution in [0.25, 0.3) is 10.6 Å². The van der Waals surface area contributed by atoms with Crippen LogP contribution >= 0.6 is 22.9 Å². The third-order valence-corrected chi connectivity index (χ3v) is 4.25. The Morgan fingerprint density at radius 3 is 2.87 bits per heavy atom. The largest absolute Gasteiger partial charge is 0.319 e. The van der Waals surface area contributed by atoms with Crippen LogP contribution in [0.2, 0.25) is 5.15 Å². The Kier molecular flexibility index (Phi) is 4.36. The molecule has 4 nitrogen and oxygen atoms in total. The molecule has 2 heterocycles. The molecule has 0 spiro atoms. The van der Waals surface area contributed by atoms with Crippen molar-refractivity contribution in [3.8, 4) is 10.6 Å². The number of aromatic nitrogens is 2. The van der Waals surface area contributed by atoms with Gasteiger partial charge in [-0.05, 0) is 30.7 Å². The second-order valence-corrected chi connectivity index (χ2v) is 6.04. The van der Waals surface area contributed by atoms with Crippen molar-refractivity contribution in [2.75, 3.05) is 5.32 Å². The monoisotopic (exact) mass is 347 g/mol. The highest BCUT2D eigenvalue weighted by Gasteiger charge is 2.15. The van der Waals surface area contributed by atoms with Crippen molar-refractivity contribution >= 4 is 34.5 Å². The summed E-state index contributed by atoms with van der Waals surface area (Å²) in [7, 11) is 0. The normalized spacial score (nSPS) is 10.6. The first kappa shape index (κ1) is 15.6. The molecule has 0 atom stereocenters. The zero-order chi connectivity index (χ0) is 16.4. The molecule has 23 heavy (non-hydrogen) atoms. The van der Waals surface area contributed by atoms with Gasteiger partial charge in [-0.25, -0.2) is 14.4 Å². The van der Waals surface area contributed by atoms with Gasteiger partial charge in [-0.2, -0.15) is 0 Å². The van der Waals surface area contributed by atoms with Crippen LogP contribution in [-0.4, -0.2) is 15.9 Å². The Labute approximate surface area is 141 Å². The summed E-state index contributed by atoms with van der Waals surface area (Å²) in [4.78, 5) is 20.4. The van der Waals surface area contributed by atoms with Crippen molar-refractivity contribution in [3.63, 3.8) is 0 Å². The average Bonchev–Trinajstić information content (AvgIpc) is 3.00. The SMILES string of the molecule is Cc1cc(Cl)ncc1NC(=O)c1csc(-c2ccccc2F)n1. The number of benzene rings is 1. The number of hydrogen-bond acceptors (Lipinski definition) is 4. The molecule has 0 unspecified atom stereocenters. The number of rotatable bonds is 3. The van der Waals surface area contributed by atoms with Gasteiger partial charge in [0.15, 0.2) is 0 Å². The van der Waals surface area contributed by atoms with Gasteiger partial charge in [0.25, 0.3) is 5.91 Å². The molecule has 0 aliphatic heterocycles. The molecule has 7 heteroatoms. The molecule has 3 rings (SSSR count). The van der Waals surface area contributed by atoms with E-state index in [0.717, 1.165) is 5.56 Å². The van der Waals surface area contributed by atoms with Gasteiger partial charge in [0.05, 0.1) is 11.9 Å². The Morgan fingerprint density at radius 1 is 1.35 bits per heavy atom. The summed E-state index contributed by atoms with van der Waals surface area (Å²) >= 11 is 7.00. The number of nitrogens with one attached hydrogen (secondary N) is 1. The number of pyridine rings is 1. The van der Waals surface area contributed by atoms with Crippen LogP contribution in [0.3, 0.4) is 0 Å². The third-order valence-electron chi connectivity index (χ3n) is 3.17. The van der Waals surface area contributed by atoms with Gasteiger partial charge in [-0.15, -0.1) is 11.3 Å². The van der Waals surface area contributed by atoms with E-state index < -0.39 is 0 Å². The van der Waals surface area contributed by atoms with Gasteiger partial charge in [0.1, 0.15) is 21.7 Å². The van der Waals surface area contributed by atoms with E-state index in [1.807, 2.05) is 6.92 Å². The molecule has 116 valence electrons. The maximum Gasteiger partial charge on any atom is 0.275 e. The predicted octanol–water partition coefficient (Wildman–Crippen LogP) is 4.56. The first-order valence-corrected chi connectivity index (χ1v) is 7.94. The molecular formula is C16H11ClFN3OS. The van der Waals surface area contributed by atoms with E-state index >= 15 is 0 Å². The van der Waals surface area contributed by atoms with Gasteiger partial charge in [0, 0.05) is 10.9 Å². The van der Waals surface area contributed by atoms with Crippen molar-refractivity contribution in [3.05, 3.63) is 64.1 Å². The van der Waals surface area contributed by atoms with E-state index in [4.69, 9.17) is 11.6 Å². The topological polar surface area (TPSA) is 54.9 Å². The van der Waals surface area contributed by atoms with E-state index in [1.165, 1.54) is 23.6 Å². The van der Waals surface area contributed by atoms with Crippen LogP contribution in [0.1, 0.15) is 16.1 Å². The Balaban J connectivity index is 1.83. The Morgan fingerprint density at radius 2 is 2.13 bits per heavy atom. The van der Waals surface area contributed by atoms with Crippen LogP contribution in [0, 0.1) is 12.7 Å². The van der Waals surface area contributed by atoms with Gasteiger partial charge < -0.3 is 5.32 Å². The fourth-order valence-electron chi connectivity index (χ4n) is 1.98. The van der Waals surface area contributed by atoms with E-state index in [-0.39, 0.29) is 17.4 Å². The fourth-order valence-corrected chi connectivity index (χ4v) is 3.01. The number of anilines is 1. The number of amides is 1. The smallest absolute Gasteiger partial charge is 0.275 e. The maximum absolute atomic E-state index is 13.8. The van der Waals surface area contributed by atoms with Crippen LogP contribution in [0.4, 0.5) is 10.1 Å². The molecule has 2 aromatic heterocycles. The second kappa shape index (κ2) is 6.44. The zero-order valence-corrected chi connectivity index (χ0v) is 13.6. The summed E-state index contributed by atoms with van der Waals surface area (Å²) in [6.45, 7) is 1.81. The van der Waals surface area contributed by atoms with Gasteiger partial charge in [-0.3, -0.25) is 4.79 Å². The summed E-state index contributed by atoms with van der Waals surface area (Å²) in [6, 6.07) is 7.98. The molecule has 0 saturated heterocycles. The van der Waals surface area contributed by atoms with Crippen LogP contribution in [0.5, 0.6) is 0 Å². The van der Waals surface area contributed by atoms with Crippen molar-refractivity contribution in [1.82, 2.24) is 9.97 Å². The predicted molar refractivity (Wildman–Crippen MR) is 89.4 cm³/mol. The first-order valence-electron chi connectivity index (χ1n) is 6.68. The number of carbonyl (C=O) groups excluding carboxylic acids is 1. The van der Waals surface area contributed by atoms with Crippen molar-refractivity contribution in [2.45, 2.75) is 6.92 Å². The van der Waals surface area contributed by atoms with Crippen LogP contribution in [-0.2, 0) is 0 Å². The van der Waals surface area contributed by atoms with Gasteiger partial charge in [0.2, 0.25) is 0 Å². The van der Waals surface area contributed by atoms with E-state index in [1.54, 1.807) is 29.6 Å². The molecule has 0 aliphatic rings. The van der Waals surface area contributed by atoms with Crippen LogP contribution < -0.4 is 5.32 Å². The lowest BCUT2D eigenvalue weighted by Gasteiger charge is -2.06. The molecule has 3 aromatic rings. The number of carbonyl (C=O) groups is 1. The molecule has 1 N–H and O–H groups in total. The van der Waals surface area contributed by atoms with E-state index in [0.29, 0.717) is 21.4 Å². The standard InChI is InChI=1S/C16H11ClFN3OS/c1-9-6-14(17)19-7-12(9)20-15(22)13-8-23-16(21-13)10-4-2-3-5-11(10)18/h2-8H,1H3,(H,20,22). The highest BCUT2D eigenvalue weighted by Crippen LogP contribution is 2.26. The molecule has 0 saturated carbocycles. The lowest BCUT2D eigenvalue weighted by Crippen LogP contribution is -2.13. The Bertz CT molecular complexity index is 881. The molecule has 0 radical (unpaired) electrons. The van der Waals surface area contributed by atoms with E-state index in [2.05, 4.69) is 15.3 Å². The van der Waals surface area contributed by atoms with Gasteiger partial charge in [-0.1, -0.05) is 23.7 Å². The Hall–Kier alpha value is -2.31. The highest BCUT2D eigenvalue weighted by molar-refractivity contribution is 7.13. The molecule has 0 aliphatic carbocycles. The van der Waals surface area contributed by atoms with Gasteiger partial charge >= 0.3 is 0 Å². The third kappa shape index (κ3) is 3.38. The minimum absolute atomic E-state index is 0.225. The van der Waals surface area contributed by atoms with Crippen molar-refractivity contribution in [1.29, 1.82) is 0 Å². The first-order chi connectivity index (χ1) is 11.0. The molecule has 0 fully saturated rings. The lowest BCUT2D eigenvalue weighted by atomic mass is 10.2. The number of halogens is 2. The maximum atomic E-state index is 13.8. The number of nitrogens with zero attached hydrogens (tertiary/aromatic N) is 2. The van der Waals surface area contributed by atoms with E-state index in [9.17, 15) is 9.18 Å². The summed E-state index contributed by atoms with van der Waals surface area (Å²) in [5.74, 6) is -0.748. The summed E-state index contributed by atoms with van der Waals surface area (Å²) in [5.41, 5.74) is 1.95. The highest BCUT2D eigenvalue weighted by atomic mass is 35.5.